The minimum Gasteiger partial charge on any atom is -0.487 e. The normalized spacial score (nSPS) is 26.9. The van der Waals surface area contributed by atoms with Crippen LogP contribution in [0.4, 0.5) is 8.78 Å². The third-order valence-electron chi connectivity index (χ3n) is 24.5. The van der Waals surface area contributed by atoms with Crippen molar-refractivity contribution in [1.29, 1.82) is 0 Å². The van der Waals surface area contributed by atoms with Gasteiger partial charge < -0.3 is 99.3 Å². The largest absolute Gasteiger partial charge is 0.487 e. The minimum absolute atomic E-state index is 0.223. The Morgan fingerprint density at radius 2 is 0.681 bits per heavy atom. The van der Waals surface area contributed by atoms with E-state index in [1.165, 1.54) is 28.8 Å². The van der Waals surface area contributed by atoms with E-state index >= 15 is 0 Å². The van der Waals surface area contributed by atoms with E-state index in [4.69, 9.17) is 18.9 Å². The molecule has 24 nitrogen and oxygen atoms in total. The van der Waals surface area contributed by atoms with E-state index in [2.05, 4.69) is 53.3 Å². The second kappa shape index (κ2) is 31.9. The van der Waals surface area contributed by atoms with Gasteiger partial charge in [-0.05, 0) is 196 Å². The van der Waals surface area contributed by atoms with E-state index in [-0.39, 0.29) is 35.8 Å². The standard InChI is InChI=1S/2C22H24FN3O3.C22H25N3O3.C21H23N3O3/c1-12-2-6-25-22-15(12)4-7-26(22)17-10-19(21(28)20(17)27)29-18-9-14(23)8-13-3-5-24-11-16(13)18;1-12-4-8-25-22-13(12)6-9-26(22)17-10-19(21(28)20(17)27)29-18-3-2-16(23)14-5-7-24-11-15(14)18;1-13-5-9-24-22-15(13)7-10-25(22)17-11-19(21(27)20(17)26)28-18-4-2-3-14-12-23-8-6-16(14)18;1-12-5-7-23-21-14(12)6-8-24(21)16-9-18(20(26)19(16)25)27-17-4-2-3-13-10-22-11-15(13)17/h2,4,6-9,17,19-21,24,27-28H,3,5,10-11H2,1H3;2-4,6,8-9,17,19-21,24,27-28H,5,7,10-11H2,1H3;2-5,7,9-10,17,19-21,23,26-27H,6,8,11-12H2,1H3;2-8,16,18-20,22,25-26H,9-11H2,1H3/t3*17-,19+,20+,21-;16-,18+,19+,20-/m1111/s1. The Hall–Kier alpha value is -9.78. The molecule has 8 aliphatic rings. The number of benzene rings is 4. The summed E-state index contributed by atoms with van der Waals surface area (Å²) in [5.41, 5.74) is 15.9. The van der Waals surface area contributed by atoms with Crippen molar-refractivity contribution in [3.63, 3.8) is 0 Å². The van der Waals surface area contributed by atoms with Gasteiger partial charge in [0.1, 0.15) is 130 Å². The summed E-state index contributed by atoms with van der Waals surface area (Å²) in [7, 11) is 0. The lowest BCUT2D eigenvalue weighted by molar-refractivity contribution is -0.0167. The van der Waals surface area contributed by atoms with Crippen LogP contribution in [0.1, 0.15) is 117 Å². The molecule has 590 valence electrons. The van der Waals surface area contributed by atoms with Crippen molar-refractivity contribution in [2.45, 2.75) is 203 Å². The van der Waals surface area contributed by atoms with E-state index < -0.39 is 73.2 Å². The highest BCUT2D eigenvalue weighted by Crippen LogP contribution is 2.44. The number of hydrogen-bond acceptors (Lipinski definition) is 20. The molecular formula is C87H96F2N12O12. The van der Waals surface area contributed by atoms with Gasteiger partial charge >= 0.3 is 0 Å². The molecule has 4 saturated carbocycles. The second-order valence-electron chi connectivity index (χ2n) is 31.3. The van der Waals surface area contributed by atoms with Gasteiger partial charge in [-0.1, -0.05) is 24.3 Å². The van der Waals surface area contributed by atoms with Gasteiger partial charge in [0.05, 0.1) is 24.2 Å². The highest BCUT2D eigenvalue weighted by Gasteiger charge is 2.49. The van der Waals surface area contributed by atoms with E-state index in [1.807, 2.05) is 144 Å². The lowest BCUT2D eigenvalue weighted by atomic mass is 9.99. The molecule has 0 spiro atoms. The predicted octanol–water partition coefficient (Wildman–Crippen LogP) is 8.65. The topological polar surface area (TPSA) is 318 Å². The van der Waals surface area contributed by atoms with Crippen molar-refractivity contribution in [1.82, 2.24) is 59.5 Å². The zero-order valence-corrected chi connectivity index (χ0v) is 63.4. The van der Waals surface area contributed by atoms with E-state index in [0.29, 0.717) is 62.3 Å². The molecule has 16 atom stereocenters. The summed E-state index contributed by atoms with van der Waals surface area (Å²) >= 11 is 0. The summed E-state index contributed by atoms with van der Waals surface area (Å²) in [4.78, 5) is 17.9. The Kier molecular flexibility index (Phi) is 21.4. The summed E-state index contributed by atoms with van der Waals surface area (Å²) in [6.07, 6.45) is 8.97. The van der Waals surface area contributed by atoms with Gasteiger partial charge in [0, 0.05) is 152 Å². The van der Waals surface area contributed by atoms with Crippen LogP contribution in [0.3, 0.4) is 0 Å². The molecule has 0 amide bonds. The number of pyridine rings is 4. The molecule has 12 heterocycles. The van der Waals surface area contributed by atoms with Crippen molar-refractivity contribution in [2.75, 3.05) is 19.6 Å². The maximum Gasteiger partial charge on any atom is 0.140 e. The van der Waals surface area contributed by atoms with E-state index in [1.54, 1.807) is 36.9 Å². The number of aryl methyl sites for hydroxylation is 4. The first-order chi connectivity index (χ1) is 54.8. The molecule has 113 heavy (non-hydrogen) atoms. The lowest BCUT2D eigenvalue weighted by Gasteiger charge is -2.24. The lowest BCUT2D eigenvalue weighted by Crippen LogP contribution is -2.35. The molecule has 20 rings (SSSR count). The summed E-state index contributed by atoms with van der Waals surface area (Å²) in [5, 5.41) is 103. The van der Waals surface area contributed by atoms with Gasteiger partial charge in [0.25, 0.3) is 0 Å². The van der Waals surface area contributed by atoms with Crippen molar-refractivity contribution in [2.24, 2.45) is 0 Å². The van der Waals surface area contributed by atoms with Gasteiger partial charge in [-0.3, -0.25) is 0 Å². The number of nitrogens with zero attached hydrogens (tertiary/aromatic N) is 8. The van der Waals surface area contributed by atoms with Gasteiger partial charge in [-0.2, -0.15) is 0 Å². The monoisotopic (exact) mass is 1540 g/mol. The van der Waals surface area contributed by atoms with E-state index in [0.717, 1.165) is 152 Å². The maximum atomic E-state index is 14.1. The van der Waals surface area contributed by atoms with Crippen molar-refractivity contribution in [3.05, 3.63) is 237 Å². The molecule has 4 aliphatic heterocycles. The van der Waals surface area contributed by atoms with Gasteiger partial charge in [-0.25, -0.2) is 28.7 Å². The minimum atomic E-state index is -1.07. The second-order valence-corrected chi connectivity index (χ2v) is 31.3. The molecule has 0 bridgehead atoms. The van der Waals surface area contributed by atoms with E-state index in [9.17, 15) is 49.6 Å². The van der Waals surface area contributed by atoms with Gasteiger partial charge in [-0.15, -0.1) is 0 Å². The molecule has 12 N–H and O–H groups in total. The van der Waals surface area contributed by atoms with Crippen LogP contribution < -0.4 is 40.2 Å². The fraction of sp³-hybridized carbons (Fsp3) is 0.402. The number of rotatable bonds is 12. The molecule has 0 saturated heterocycles. The molecule has 0 unspecified atom stereocenters. The van der Waals surface area contributed by atoms with Gasteiger partial charge in [0.2, 0.25) is 0 Å². The Balaban J connectivity index is 0.000000109. The smallest absolute Gasteiger partial charge is 0.140 e. The number of aliphatic hydroxyl groups excluding tert-OH is 8. The van der Waals surface area contributed by atoms with Crippen molar-refractivity contribution < 1.29 is 68.6 Å². The number of ether oxygens (including phenoxy) is 4. The number of halogens is 2. The number of aliphatic hydroxyl groups is 8. The third-order valence-corrected chi connectivity index (χ3v) is 24.5. The Morgan fingerprint density at radius 3 is 1.12 bits per heavy atom. The number of aromatic nitrogens is 8. The molecule has 4 fully saturated rings. The summed E-state index contributed by atoms with van der Waals surface area (Å²) < 4.78 is 60.6. The quantitative estimate of drug-likeness (QED) is 0.0544. The van der Waals surface area contributed by atoms with Crippen LogP contribution in [-0.4, -0.2) is 172 Å². The Labute approximate surface area is 651 Å². The zero-order valence-electron chi connectivity index (χ0n) is 63.4. The Bertz CT molecular complexity index is 5480. The molecule has 4 aromatic carbocycles. The summed E-state index contributed by atoms with van der Waals surface area (Å²) in [6, 6.07) is 32.6. The third kappa shape index (κ3) is 14.5. The van der Waals surface area contributed by atoms with Crippen LogP contribution in [0.25, 0.3) is 44.1 Å². The predicted molar refractivity (Wildman–Crippen MR) is 421 cm³/mol. The Morgan fingerprint density at radius 1 is 0.336 bits per heavy atom. The average Bonchev–Trinajstić information content (AvgIpc) is 1.64. The molecule has 4 aliphatic carbocycles. The first-order valence-electron chi connectivity index (χ1n) is 39.3. The highest BCUT2D eigenvalue weighted by molar-refractivity contribution is 5.82. The maximum absolute atomic E-state index is 14.1. The number of nitrogens with one attached hydrogen (secondary N) is 4. The van der Waals surface area contributed by atoms with Crippen LogP contribution in [-0.2, 0) is 52.0 Å². The summed E-state index contributed by atoms with van der Waals surface area (Å²) in [5.74, 6) is 2.05. The van der Waals surface area contributed by atoms with Crippen molar-refractivity contribution >= 4 is 44.1 Å². The van der Waals surface area contributed by atoms with Crippen LogP contribution in [0.2, 0.25) is 0 Å². The zero-order chi connectivity index (χ0) is 78.0. The first kappa shape index (κ1) is 75.9. The molecule has 8 aromatic heterocycles. The van der Waals surface area contributed by atoms with Crippen LogP contribution in [0.5, 0.6) is 23.0 Å². The molecular weight excluding hydrogens is 1440 g/mol. The first-order valence-corrected chi connectivity index (χ1v) is 39.3. The molecule has 26 heteroatoms. The van der Waals surface area contributed by atoms with Crippen LogP contribution in [0.15, 0.2) is 159 Å². The fourth-order valence-corrected chi connectivity index (χ4v) is 18.2. The average molecular weight is 1540 g/mol. The van der Waals surface area contributed by atoms with Crippen LogP contribution in [0, 0.1) is 39.3 Å². The van der Waals surface area contributed by atoms with Crippen LogP contribution >= 0.6 is 0 Å². The fourth-order valence-electron chi connectivity index (χ4n) is 18.2. The highest BCUT2D eigenvalue weighted by atomic mass is 19.1. The molecule has 12 aromatic rings. The van der Waals surface area contributed by atoms with Crippen molar-refractivity contribution in [3.8, 4) is 23.0 Å². The molecule has 0 radical (unpaired) electrons. The summed E-state index contributed by atoms with van der Waals surface area (Å²) in [6.45, 7) is 14.2. The number of hydrogen-bond donors (Lipinski definition) is 12. The van der Waals surface area contributed by atoms with Gasteiger partial charge in [0.15, 0.2) is 0 Å². The SMILES string of the molecule is Cc1ccnc2c1ccn2[C@@H]1C[C@H](Oc2cc(F)cc3c2CNCC3)[C@@H](O)[C@H]1O.Cc1ccnc2c1ccn2[C@@H]1C[C@H](Oc2ccc(F)c3c2CNCC3)[C@@H](O)[C@H]1O.Cc1ccnc2c1ccn2[C@@H]1C[C@H](Oc2cccc3c2CCNC3)[C@@H](O)[C@H]1O.Cc1ccnc2c1ccn2[C@@H]1C[C@H](Oc2cccc3c2CNC3)[C@@H](O)[C@H]1O. The number of fused-ring (bicyclic) bond motifs is 8.